The van der Waals surface area contributed by atoms with E-state index in [0.717, 1.165) is 45.9 Å². The summed E-state index contributed by atoms with van der Waals surface area (Å²) in [6, 6.07) is 17.6. The van der Waals surface area contributed by atoms with Crippen molar-refractivity contribution in [3.8, 4) is 5.75 Å². The number of nitrogens with zero attached hydrogens (tertiary/aromatic N) is 1. The number of hydrogen-bond donors (Lipinski definition) is 4. The SMILES string of the molecule is CCCC1=C2[C@@H](CC/C(C)=C/c3ccc(O)c4ccccc34)OB(O)C[C@@H]2[C@@H]2C(=O)N(c3cccc(B(O)O)c3)C(=O)[C@@H]2C1. The zero-order valence-corrected chi connectivity index (χ0v) is 25.0. The molecule has 10 heteroatoms. The fourth-order valence-corrected chi connectivity index (χ4v) is 7.51. The molecule has 2 amide bonds. The minimum atomic E-state index is -1.72. The zero-order chi connectivity index (χ0) is 31.1. The Bertz CT molecular complexity index is 1670. The molecule has 0 unspecified atom stereocenters. The molecule has 1 aliphatic carbocycles. The van der Waals surface area contributed by atoms with Gasteiger partial charge in [0.1, 0.15) is 5.75 Å². The topological polar surface area (TPSA) is 128 Å². The number of rotatable bonds is 8. The Morgan fingerprint density at radius 2 is 1.82 bits per heavy atom. The van der Waals surface area contributed by atoms with E-state index in [9.17, 15) is 29.8 Å². The van der Waals surface area contributed by atoms with Gasteiger partial charge in [-0.15, -0.1) is 0 Å². The van der Waals surface area contributed by atoms with Crippen molar-refractivity contribution in [2.45, 2.75) is 58.4 Å². The maximum atomic E-state index is 14.0. The Balaban J connectivity index is 1.28. The van der Waals surface area contributed by atoms with Crippen molar-refractivity contribution < 1.29 is 34.4 Å². The van der Waals surface area contributed by atoms with Crippen LogP contribution in [0.5, 0.6) is 5.75 Å². The molecule has 0 spiro atoms. The second-order valence-corrected chi connectivity index (χ2v) is 12.3. The molecule has 3 aromatic rings. The maximum absolute atomic E-state index is 14.0. The quantitative estimate of drug-likeness (QED) is 0.175. The maximum Gasteiger partial charge on any atom is 0.488 e. The third kappa shape index (κ3) is 5.52. The summed E-state index contributed by atoms with van der Waals surface area (Å²) in [5.41, 5.74) is 4.86. The van der Waals surface area contributed by atoms with Crippen molar-refractivity contribution >= 4 is 54.0 Å². The Hall–Kier alpha value is -3.69. The molecule has 2 saturated heterocycles. The normalized spacial score (nSPS) is 23.8. The number of phenols is 1. The van der Waals surface area contributed by atoms with Crippen LogP contribution >= 0.6 is 0 Å². The number of benzene rings is 3. The molecule has 0 aromatic heterocycles. The summed E-state index contributed by atoms with van der Waals surface area (Å²) >= 11 is 0. The molecule has 3 aliphatic rings. The molecule has 0 bridgehead atoms. The summed E-state index contributed by atoms with van der Waals surface area (Å²) in [7, 11) is -2.77. The largest absolute Gasteiger partial charge is 0.507 e. The van der Waals surface area contributed by atoms with E-state index in [1.807, 2.05) is 30.3 Å². The molecule has 2 heterocycles. The highest BCUT2D eigenvalue weighted by molar-refractivity contribution is 6.58. The van der Waals surface area contributed by atoms with Crippen LogP contribution in [-0.4, -0.2) is 52.3 Å². The summed E-state index contributed by atoms with van der Waals surface area (Å²) in [4.78, 5) is 28.9. The van der Waals surface area contributed by atoms with E-state index in [1.54, 1.807) is 18.2 Å². The molecule has 0 radical (unpaired) electrons. The van der Waals surface area contributed by atoms with Crippen LogP contribution in [0.2, 0.25) is 6.32 Å². The minimum absolute atomic E-state index is 0.203. The molecular weight excluding hydrogens is 556 g/mol. The van der Waals surface area contributed by atoms with Gasteiger partial charge in [-0.3, -0.25) is 14.5 Å². The van der Waals surface area contributed by atoms with Crippen LogP contribution in [0, 0.1) is 17.8 Å². The number of allylic oxidation sites excluding steroid dienone is 2. The number of phenolic OH excluding ortho intramolecular Hbond substituents is 1. The van der Waals surface area contributed by atoms with Gasteiger partial charge in [-0.2, -0.15) is 0 Å². The molecule has 3 aromatic carbocycles. The van der Waals surface area contributed by atoms with Crippen LogP contribution in [0.15, 0.2) is 77.4 Å². The monoisotopic (exact) mass is 593 g/mol. The summed E-state index contributed by atoms with van der Waals surface area (Å²) in [6.07, 6.45) is 5.44. The van der Waals surface area contributed by atoms with E-state index in [2.05, 4.69) is 19.9 Å². The van der Waals surface area contributed by atoms with Gasteiger partial charge in [-0.25, -0.2) is 0 Å². The highest BCUT2D eigenvalue weighted by Crippen LogP contribution is 2.52. The molecular formula is C34H37B2NO7. The Kier molecular flexibility index (Phi) is 8.53. The summed E-state index contributed by atoms with van der Waals surface area (Å²) in [5, 5.41) is 42.3. The smallest absolute Gasteiger partial charge is 0.488 e. The van der Waals surface area contributed by atoms with Crippen LogP contribution in [0.4, 0.5) is 5.69 Å². The van der Waals surface area contributed by atoms with Crippen LogP contribution in [0.25, 0.3) is 16.8 Å². The molecule has 6 rings (SSSR count). The number of imide groups is 1. The summed E-state index contributed by atoms with van der Waals surface area (Å²) < 4.78 is 6.16. The van der Waals surface area contributed by atoms with Gasteiger partial charge in [-0.05, 0) is 85.0 Å². The van der Waals surface area contributed by atoms with Crippen molar-refractivity contribution in [2.75, 3.05) is 4.90 Å². The molecule has 2 fully saturated rings. The molecule has 4 atom stereocenters. The second-order valence-electron chi connectivity index (χ2n) is 12.3. The van der Waals surface area contributed by atoms with Crippen LogP contribution in [-0.2, 0) is 14.2 Å². The number of fused-ring (bicyclic) bond motifs is 4. The average Bonchev–Trinajstić information content (AvgIpc) is 3.26. The molecule has 8 nitrogen and oxygen atoms in total. The van der Waals surface area contributed by atoms with Gasteiger partial charge in [-0.1, -0.05) is 73.0 Å². The van der Waals surface area contributed by atoms with Crippen molar-refractivity contribution in [3.05, 3.63) is 82.9 Å². The number of aromatic hydroxyl groups is 1. The fraction of sp³-hybridized carbons (Fsp3) is 0.353. The van der Waals surface area contributed by atoms with Crippen molar-refractivity contribution in [3.63, 3.8) is 0 Å². The minimum Gasteiger partial charge on any atom is -0.507 e. The van der Waals surface area contributed by atoms with E-state index in [4.69, 9.17) is 4.65 Å². The van der Waals surface area contributed by atoms with Crippen molar-refractivity contribution in [1.29, 1.82) is 0 Å². The van der Waals surface area contributed by atoms with E-state index in [1.165, 1.54) is 17.0 Å². The Labute approximate surface area is 258 Å². The molecule has 44 heavy (non-hydrogen) atoms. The van der Waals surface area contributed by atoms with Gasteiger partial charge < -0.3 is 24.8 Å². The Morgan fingerprint density at radius 1 is 1.05 bits per heavy atom. The number of anilines is 1. The first-order chi connectivity index (χ1) is 21.2. The van der Waals surface area contributed by atoms with E-state index < -0.39 is 26.1 Å². The first-order valence-electron chi connectivity index (χ1n) is 15.4. The van der Waals surface area contributed by atoms with E-state index >= 15 is 0 Å². The highest BCUT2D eigenvalue weighted by atomic mass is 16.5. The standard InChI is InChI=1S/C34H37B2NO7/c1-3-7-22-17-27-32(34(40)37(33(27)39)24-9-6-8-23(18-24)36(42)43)28-19-35(41)44-30(31(22)28)15-12-20(2)16-21-13-14-29(38)26-11-5-4-10-25(21)26/h4-6,8-11,13-14,16,18,27-28,30,32,38,41-43H,3,7,12,15,17,19H2,1-2H3/b20-16+/t27-,28+,30-,32-/m1/s1. The fourth-order valence-electron chi connectivity index (χ4n) is 7.51. The predicted octanol–water partition coefficient (Wildman–Crippen LogP) is 4.21. The third-order valence-electron chi connectivity index (χ3n) is 9.42. The van der Waals surface area contributed by atoms with E-state index in [-0.39, 0.29) is 41.4 Å². The predicted molar refractivity (Wildman–Crippen MR) is 172 cm³/mol. The Morgan fingerprint density at radius 3 is 2.57 bits per heavy atom. The lowest BCUT2D eigenvalue weighted by atomic mass is 9.58. The lowest BCUT2D eigenvalue weighted by Crippen LogP contribution is -2.46. The number of carbonyl (C=O) groups is 2. The summed E-state index contributed by atoms with van der Waals surface area (Å²) in [5.74, 6) is -1.81. The third-order valence-corrected chi connectivity index (χ3v) is 9.42. The lowest BCUT2D eigenvalue weighted by Gasteiger charge is -2.43. The first kappa shape index (κ1) is 30.3. The number of hydrogen-bond acceptors (Lipinski definition) is 7. The van der Waals surface area contributed by atoms with Gasteiger partial charge in [0.15, 0.2) is 0 Å². The van der Waals surface area contributed by atoms with Crippen LogP contribution in [0.3, 0.4) is 0 Å². The molecule has 226 valence electrons. The van der Waals surface area contributed by atoms with Crippen LogP contribution in [0.1, 0.15) is 51.5 Å². The molecule has 2 aliphatic heterocycles. The van der Waals surface area contributed by atoms with Gasteiger partial charge in [0.05, 0.1) is 23.6 Å². The first-order valence-corrected chi connectivity index (χ1v) is 15.4. The van der Waals surface area contributed by atoms with E-state index in [0.29, 0.717) is 24.9 Å². The van der Waals surface area contributed by atoms with Crippen LogP contribution < -0.4 is 10.4 Å². The van der Waals surface area contributed by atoms with Crippen molar-refractivity contribution in [2.24, 2.45) is 17.8 Å². The zero-order valence-electron chi connectivity index (χ0n) is 25.0. The number of carbonyl (C=O) groups excluding carboxylic acids is 2. The highest BCUT2D eigenvalue weighted by Gasteiger charge is 2.57. The van der Waals surface area contributed by atoms with Gasteiger partial charge in [0.25, 0.3) is 0 Å². The van der Waals surface area contributed by atoms with Gasteiger partial charge in [0.2, 0.25) is 11.8 Å². The van der Waals surface area contributed by atoms with Gasteiger partial charge >= 0.3 is 14.2 Å². The second kappa shape index (κ2) is 12.4. The number of amides is 2. The van der Waals surface area contributed by atoms with Crippen molar-refractivity contribution in [1.82, 2.24) is 0 Å². The molecule has 0 saturated carbocycles. The molecule has 4 N–H and O–H groups in total. The van der Waals surface area contributed by atoms with Gasteiger partial charge in [0, 0.05) is 5.39 Å². The lowest BCUT2D eigenvalue weighted by molar-refractivity contribution is -0.122. The average molecular weight is 593 g/mol. The summed E-state index contributed by atoms with van der Waals surface area (Å²) in [6.45, 7) is 4.15.